The lowest BCUT2D eigenvalue weighted by atomic mass is 10.0. The monoisotopic (exact) mass is 377 g/mol. The Morgan fingerprint density at radius 3 is 2.33 bits per heavy atom. The first-order chi connectivity index (χ1) is 8.50. The second-order valence-corrected chi connectivity index (χ2v) is 5.33. The van der Waals surface area contributed by atoms with Crippen molar-refractivity contribution in [2.75, 3.05) is 0 Å². The Morgan fingerprint density at radius 2 is 1.78 bits per heavy atom. The van der Waals surface area contributed by atoms with Crippen molar-refractivity contribution >= 4 is 31.9 Å². The molecule has 1 aromatic heterocycles. The van der Waals surface area contributed by atoms with Gasteiger partial charge in [0, 0.05) is 15.1 Å². The van der Waals surface area contributed by atoms with Gasteiger partial charge in [-0.25, -0.2) is 8.78 Å². The minimum atomic E-state index is -1.46. The van der Waals surface area contributed by atoms with E-state index < -0.39 is 23.3 Å². The van der Waals surface area contributed by atoms with Crippen LogP contribution < -0.4 is 0 Å². The molecule has 6 heteroatoms. The highest BCUT2D eigenvalue weighted by Crippen LogP contribution is 2.31. The second kappa shape index (κ2) is 5.42. The van der Waals surface area contributed by atoms with Crippen molar-refractivity contribution in [2.24, 2.45) is 0 Å². The van der Waals surface area contributed by atoms with Gasteiger partial charge in [0.15, 0.2) is 0 Å². The van der Waals surface area contributed by atoms with Gasteiger partial charge in [-0.05, 0) is 50.1 Å². The van der Waals surface area contributed by atoms with E-state index >= 15 is 0 Å². The molecule has 0 saturated carbocycles. The van der Waals surface area contributed by atoms with Gasteiger partial charge in [0.25, 0.3) is 0 Å². The Bertz CT molecular complexity index is 572. The van der Waals surface area contributed by atoms with Crippen LogP contribution in [-0.2, 0) is 0 Å². The Hall–Kier alpha value is -0.850. The largest absolute Gasteiger partial charge is 0.382 e. The molecule has 2 rings (SSSR count). The van der Waals surface area contributed by atoms with Crippen LogP contribution in [0.25, 0.3) is 0 Å². The van der Waals surface area contributed by atoms with E-state index in [0.717, 1.165) is 12.1 Å². The third-order valence-corrected chi connectivity index (χ3v) is 3.44. The topological polar surface area (TPSA) is 33.1 Å². The maximum atomic E-state index is 13.5. The number of nitrogens with zero attached hydrogens (tertiary/aromatic N) is 1. The molecule has 0 spiro atoms. The molecule has 18 heavy (non-hydrogen) atoms. The van der Waals surface area contributed by atoms with Gasteiger partial charge in [-0.1, -0.05) is 6.07 Å². The molecular weight excluding hydrogens is 372 g/mol. The van der Waals surface area contributed by atoms with Gasteiger partial charge >= 0.3 is 0 Å². The Balaban J connectivity index is 2.51. The number of rotatable bonds is 2. The molecular formula is C12H7Br2F2NO. The first-order valence-corrected chi connectivity index (χ1v) is 6.52. The van der Waals surface area contributed by atoms with Crippen LogP contribution >= 0.6 is 31.9 Å². The summed E-state index contributed by atoms with van der Waals surface area (Å²) in [5.41, 5.74) is -0.254. The summed E-state index contributed by atoms with van der Waals surface area (Å²) in [7, 11) is 0. The Labute approximate surface area is 119 Å². The van der Waals surface area contributed by atoms with Crippen LogP contribution in [0.2, 0.25) is 0 Å². The highest BCUT2D eigenvalue weighted by molar-refractivity contribution is 9.11. The first kappa shape index (κ1) is 13.6. The van der Waals surface area contributed by atoms with Crippen molar-refractivity contribution in [3.05, 3.63) is 62.3 Å². The molecule has 1 atom stereocenters. The molecule has 0 saturated heterocycles. The fourth-order valence-corrected chi connectivity index (χ4v) is 2.74. The quantitative estimate of drug-likeness (QED) is 0.857. The van der Waals surface area contributed by atoms with E-state index in [2.05, 4.69) is 36.8 Å². The summed E-state index contributed by atoms with van der Waals surface area (Å²) in [5.74, 6) is -1.61. The number of hydrogen-bond donors (Lipinski definition) is 1. The molecule has 1 aromatic carbocycles. The molecule has 2 aromatic rings. The van der Waals surface area contributed by atoms with E-state index in [1.807, 2.05) is 0 Å². The number of pyridine rings is 1. The van der Waals surface area contributed by atoms with Crippen molar-refractivity contribution in [1.82, 2.24) is 4.98 Å². The predicted octanol–water partition coefficient (Wildman–Crippen LogP) is 3.97. The summed E-state index contributed by atoms with van der Waals surface area (Å²) in [4.78, 5) is 3.96. The molecule has 0 aliphatic rings. The summed E-state index contributed by atoms with van der Waals surface area (Å²) in [6, 6.07) is 5.07. The van der Waals surface area contributed by atoms with Crippen LogP contribution in [-0.4, -0.2) is 10.1 Å². The SMILES string of the molecule is OC(c1ncc(Br)cc1Br)c1c(F)cccc1F. The number of aliphatic hydroxyl groups excluding tert-OH is 1. The second-order valence-electron chi connectivity index (χ2n) is 3.56. The van der Waals surface area contributed by atoms with Gasteiger partial charge in [0.2, 0.25) is 0 Å². The molecule has 1 N–H and O–H groups in total. The zero-order chi connectivity index (χ0) is 13.3. The van der Waals surface area contributed by atoms with E-state index in [0.29, 0.717) is 8.95 Å². The van der Waals surface area contributed by atoms with Crippen molar-refractivity contribution in [3.8, 4) is 0 Å². The van der Waals surface area contributed by atoms with E-state index in [1.54, 1.807) is 6.07 Å². The lowest BCUT2D eigenvalue weighted by Gasteiger charge is -2.14. The lowest BCUT2D eigenvalue weighted by Crippen LogP contribution is -2.08. The standard InChI is InChI=1S/C12H7Br2F2NO/c13-6-4-7(14)11(17-5-6)12(18)10-8(15)2-1-3-9(10)16/h1-5,12,18H. The number of halogens is 4. The molecule has 1 heterocycles. The third kappa shape index (κ3) is 2.60. The van der Waals surface area contributed by atoms with Crippen LogP contribution in [0.4, 0.5) is 8.78 Å². The van der Waals surface area contributed by atoms with E-state index in [-0.39, 0.29) is 5.69 Å². The van der Waals surface area contributed by atoms with Crippen molar-refractivity contribution < 1.29 is 13.9 Å². The minimum Gasteiger partial charge on any atom is -0.382 e. The van der Waals surface area contributed by atoms with Crippen LogP contribution in [0.15, 0.2) is 39.4 Å². The van der Waals surface area contributed by atoms with Gasteiger partial charge < -0.3 is 5.11 Å². The zero-order valence-corrected chi connectivity index (χ0v) is 12.0. The summed E-state index contributed by atoms with van der Waals surface area (Å²) >= 11 is 6.41. The van der Waals surface area contributed by atoms with Crippen LogP contribution in [0.1, 0.15) is 17.4 Å². The number of aromatic nitrogens is 1. The molecule has 0 aliphatic carbocycles. The molecule has 0 bridgehead atoms. The Kier molecular flexibility index (Phi) is 4.09. The highest BCUT2D eigenvalue weighted by Gasteiger charge is 2.22. The predicted molar refractivity (Wildman–Crippen MR) is 70.1 cm³/mol. The summed E-state index contributed by atoms with van der Waals surface area (Å²) in [5, 5.41) is 10.0. The first-order valence-electron chi connectivity index (χ1n) is 4.93. The van der Waals surface area contributed by atoms with Crippen molar-refractivity contribution in [3.63, 3.8) is 0 Å². The Morgan fingerprint density at radius 1 is 1.17 bits per heavy atom. The van der Waals surface area contributed by atoms with Crippen molar-refractivity contribution in [2.45, 2.75) is 6.10 Å². The van der Waals surface area contributed by atoms with Gasteiger partial charge in [-0.3, -0.25) is 4.98 Å². The summed E-state index contributed by atoms with van der Waals surface area (Å²) in [6.07, 6.45) is -0.0177. The van der Waals surface area contributed by atoms with Gasteiger partial charge in [-0.15, -0.1) is 0 Å². The maximum absolute atomic E-state index is 13.5. The van der Waals surface area contributed by atoms with E-state index in [9.17, 15) is 13.9 Å². The van der Waals surface area contributed by atoms with Gasteiger partial charge in [0.1, 0.15) is 17.7 Å². The summed E-state index contributed by atoms with van der Waals surface area (Å²) in [6.45, 7) is 0. The average molecular weight is 379 g/mol. The molecule has 0 fully saturated rings. The van der Waals surface area contributed by atoms with Gasteiger partial charge in [0.05, 0.1) is 11.3 Å². The number of aliphatic hydroxyl groups is 1. The van der Waals surface area contributed by atoms with Crippen LogP contribution in [0, 0.1) is 11.6 Å². The highest BCUT2D eigenvalue weighted by atomic mass is 79.9. The fraction of sp³-hybridized carbons (Fsp3) is 0.0833. The zero-order valence-electron chi connectivity index (χ0n) is 8.87. The van der Waals surface area contributed by atoms with E-state index in [1.165, 1.54) is 12.3 Å². The number of hydrogen-bond acceptors (Lipinski definition) is 2. The lowest BCUT2D eigenvalue weighted by molar-refractivity contribution is 0.203. The van der Waals surface area contributed by atoms with Crippen LogP contribution in [0.5, 0.6) is 0 Å². The normalized spacial score (nSPS) is 12.5. The van der Waals surface area contributed by atoms with E-state index in [4.69, 9.17) is 0 Å². The maximum Gasteiger partial charge on any atom is 0.132 e. The third-order valence-electron chi connectivity index (χ3n) is 2.37. The molecule has 0 aliphatic heterocycles. The smallest absolute Gasteiger partial charge is 0.132 e. The number of benzene rings is 1. The van der Waals surface area contributed by atoms with Gasteiger partial charge in [-0.2, -0.15) is 0 Å². The molecule has 0 radical (unpaired) electrons. The molecule has 0 amide bonds. The fourth-order valence-electron chi connectivity index (χ4n) is 1.54. The van der Waals surface area contributed by atoms with Crippen LogP contribution in [0.3, 0.4) is 0 Å². The molecule has 94 valence electrons. The average Bonchev–Trinajstić information content (AvgIpc) is 2.28. The molecule has 2 nitrogen and oxygen atoms in total. The van der Waals surface area contributed by atoms with Crippen molar-refractivity contribution in [1.29, 1.82) is 0 Å². The summed E-state index contributed by atoms with van der Waals surface area (Å²) < 4.78 is 28.2. The minimum absolute atomic E-state index is 0.155. The molecule has 1 unspecified atom stereocenters.